The van der Waals surface area contributed by atoms with Crippen molar-refractivity contribution in [2.45, 2.75) is 59.9 Å². The number of nitrogens with zero attached hydrogens (tertiary/aromatic N) is 2. The predicted molar refractivity (Wildman–Crippen MR) is 117 cm³/mol. The Labute approximate surface area is 176 Å². The van der Waals surface area contributed by atoms with Gasteiger partial charge in [-0.3, -0.25) is 9.59 Å². The molecule has 1 aromatic carbocycles. The van der Waals surface area contributed by atoms with Crippen molar-refractivity contribution < 1.29 is 14.3 Å². The largest absolute Gasteiger partial charge is 0.383 e. The number of methoxy groups -OCH3 is 1. The number of carbonyl (C=O) groups excluding carboxylic acids is 2. The third kappa shape index (κ3) is 6.84. The maximum atomic E-state index is 13.1. The second kappa shape index (κ2) is 10.2. The molecule has 0 saturated heterocycles. The van der Waals surface area contributed by atoms with Gasteiger partial charge < -0.3 is 14.5 Å². The number of fused-ring (bicyclic) bond motifs is 1. The van der Waals surface area contributed by atoms with Crippen LogP contribution in [-0.4, -0.2) is 55.0 Å². The normalized spacial score (nSPS) is 17.6. The van der Waals surface area contributed by atoms with Gasteiger partial charge in [-0.05, 0) is 42.2 Å². The van der Waals surface area contributed by atoms with Crippen molar-refractivity contribution in [1.82, 2.24) is 9.80 Å². The first kappa shape index (κ1) is 23.4. The lowest BCUT2D eigenvalue weighted by Gasteiger charge is -2.37. The van der Waals surface area contributed by atoms with Crippen molar-refractivity contribution in [1.29, 1.82) is 0 Å². The molecular weight excluding hydrogens is 364 g/mol. The van der Waals surface area contributed by atoms with Crippen LogP contribution in [0.1, 0.15) is 64.6 Å². The summed E-state index contributed by atoms with van der Waals surface area (Å²) in [6, 6.07) is 8.34. The molecule has 2 rings (SSSR count). The van der Waals surface area contributed by atoms with Gasteiger partial charge in [-0.2, -0.15) is 0 Å². The SMILES string of the molecule is COCCN(CC(=O)N1CCc2ccccc2C1C)C(=O)CC(C)CC(C)(C)C. The van der Waals surface area contributed by atoms with Crippen molar-refractivity contribution in [2.75, 3.05) is 33.4 Å². The molecule has 1 aromatic rings. The molecule has 2 unspecified atom stereocenters. The molecule has 0 saturated carbocycles. The molecule has 0 spiro atoms. The Morgan fingerprint density at radius 1 is 1.28 bits per heavy atom. The van der Waals surface area contributed by atoms with Gasteiger partial charge >= 0.3 is 0 Å². The van der Waals surface area contributed by atoms with Gasteiger partial charge in [0.25, 0.3) is 0 Å². The van der Waals surface area contributed by atoms with E-state index in [2.05, 4.69) is 46.8 Å². The topological polar surface area (TPSA) is 49.9 Å². The molecule has 5 nitrogen and oxygen atoms in total. The number of amides is 2. The van der Waals surface area contributed by atoms with Crippen molar-refractivity contribution in [3.8, 4) is 0 Å². The molecule has 1 aliphatic heterocycles. The highest BCUT2D eigenvalue weighted by molar-refractivity contribution is 5.85. The second-order valence-electron chi connectivity index (χ2n) is 9.59. The van der Waals surface area contributed by atoms with Crippen LogP contribution >= 0.6 is 0 Å². The number of rotatable bonds is 8. The van der Waals surface area contributed by atoms with E-state index in [4.69, 9.17) is 4.74 Å². The van der Waals surface area contributed by atoms with E-state index in [9.17, 15) is 9.59 Å². The fraction of sp³-hybridized carbons (Fsp3) is 0.667. The molecular formula is C24H38N2O3. The fourth-order valence-electron chi connectivity index (χ4n) is 4.40. The second-order valence-corrected chi connectivity index (χ2v) is 9.59. The molecule has 2 atom stereocenters. The van der Waals surface area contributed by atoms with Gasteiger partial charge in [0.15, 0.2) is 0 Å². The van der Waals surface area contributed by atoms with Crippen LogP contribution in [0.4, 0.5) is 0 Å². The highest BCUT2D eigenvalue weighted by atomic mass is 16.5. The van der Waals surface area contributed by atoms with Crippen LogP contribution in [0.15, 0.2) is 24.3 Å². The Balaban J connectivity index is 2.03. The van der Waals surface area contributed by atoms with Crippen molar-refractivity contribution >= 4 is 11.8 Å². The number of ether oxygens (including phenoxy) is 1. The zero-order chi connectivity index (χ0) is 21.6. The molecule has 0 aliphatic carbocycles. The minimum atomic E-state index is 0.0138. The number of hydrogen-bond donors (Lipinski definition) is 0. The predicted octanol–water partition coefficient (Wildman–Crippen LogP) is 4.07. The van der Waals surface area contributed by atoms with Crippen LogP contribution in [0, 0.1) is 11.3 Å². The number of benzene rings is 1. The Kier molecular flexibility index (Phi) is 8.26. The first-order valence-electron chi connectivity index (χ1n) is 10.8. The van der Waals surface area contributed by atoms with Crippen LogP contribution in [0.2, 0.25) is 0 Å². The average molecular weight is 403 g/mol. The van der Waals surface area contributed by atoms with Gasteiger partial charge in [-0.25, -0.2) is 0 Å². The summed E-state index contributed by atoms with van der Waals surface area (Å²) in [4.78, 5) is 29.6. The van der Waals surface area contributed by atoms with Crippen LogP contribution in [0.25, 0.3) is 0 Å². The molecule has 0 N–H and O–H groups in total. The van der Waals surface area contributed by atoms with Gasteiger partial charge in [0.05, 0.1) is 19.2 Å². The third-order valence-electron chi connectivity index (χ3n) is 5.64. The zero-order valence-corrected chi connectivity index (χ0v) is 19.0. The van der Waals surface area contributed by atoms with Gasteiger partial charge in [-0.1, -0.05) is 52.0 Å². The fourth-order valence-corrected chi connectivity index (χ4v) is 4.40. The van der Waals surface area contributed by atoms with Crippen LogP contribution in [-0.2, 0) is 20.7 Å². The Hall–Kier alpha value is -1.88. The van der Waals surface area contributed by atoms with E-state index in [0.29, 0.717) is 26.1 Å². The first-order chi connectivity index (χ1) is 13.6. The lowest BCUT2D eigenvalue weighted by Crippen LogP contribution is -2.47. The summed E-state index contributed by atoms with van der Waals surface area (Å²) in [5.41, 5.74) is 2.71. The van der Waals surface area contributed by atoms with Crippen LogP contribution in [0.5, 0.6) is 0 Å². The lowest BCUT2D eigenvalue weighted by molar-refractivity contribution is -0.143. The van der Waals surface area contributed by atoms with Crippen LogP contribution in [0.3, 0.4) is 0 Å². The molecule has 0 bridgehead atoms. The van der Waals surface area contributed by atoms with Crippen molar-refractivity contribution in [3.05, 3.63) is 35.4 Å². The third-order valence-corrected chi connectivity index (χ3v) is 5.64. The van der Waals surface area contributed by atoms with Gasteiger partial charge in [0.1, 0.15) is 0 Å². The molecule has 2 amide bonds. The van der Waals surface area contributed by atoms with E-state index in [-0.39, 0.29) is 35.7 Å². The number of carbonyl (C=O) groups is 2. The molecule has 0 radical (unpaired) electrons. The van der Waals surface area contributed by atoms with E-state index in [1.165, 1.54) is 11.1 Å². The molecule has 162 valence electrons. The maximum absolute atomic E-state index is 13.1. The Morgan fingerprint density at radius 2 is 1.97 bits per heavy atom. The summed E-state index contributed by atoms with van der Waals surface area (Å²) < 4.78 is 5.18. The molecule has 0 fully saturated rings. The van der Waals surface area contributed by atoms with E-state index >= 15 is 0 Å². The van der Waals surface area contributed by atoms with Crippen molar-refractivity contribution in [3.63, 3.8) is 0 Å². The minimum Gasteiger partial charge on any atom is -0.383 e. The molecule has 1 aliphatic rings. The van der Waals surface area contributed by atoms with E-state index in [1.807, 2.05) is 17.0 Å². The highest BCUT2D eigenvalue weighted by Crippen LogP contribution is 2.29. The maximum Gasteiger partial charge on any atom is 0.242 e. The summed E-state index contributed by atoms with van der Waals surface area (Å²) in [5.74, 6) is 0.334. The summed E-state index contributed by atoms with van der Waals surface area (Å²) in [6.07, 6.45) is 2.30. The summed E-state index contributed by atoms with van der Waals surface area (Å²) in [5, 5.41) is 0. The zero-order valence-electron chi connectivity index (χ0n) is 19.0. The van der Waals surface area contributed by atoms with Crippen LogP contribution < -0.4 is 0 Å². The first-order valence-corrected chi connectivity index (χ1v) is 10.8. The van der Waals surface area contributed by atoms with Gasteiger partial charge in [0.2, 0.25) is 11.8 Å². The lowest BCUT2D eigenvalue weighted by atomic mass is 9.84. The Morgan fingerprint density at radius 3 is 2.62 bits per heavy atom. The van der Waals surface area contributed by atoms with Gasteiger partial charge in [0, 0.05) is 26.6 Å². The molecule has 1 heterocycles. The summed E-state index contributed by atoms with van der Waals surface area (Å²) >= 11 is 0. The minimum absolute atomic E-state index is 0.0138. The average Bonchev–Trinajstić information content (AvgIpc) is 2.63. The quantitative estimate of drug-likeness (QED) is 0.659. The Bertz CT molecular complexity index is 696. The van der Waals surface area contributed by atoms with Gasteiger partial charge in [-0.15, -0.1) is 0 Å². The summed E-state index contributed by atoms with van der Waals surface area (Å²) in [6.45, 7) is 12.5. The standard InChI is InChI=1S/C24H38N2O3/c1-18(16-24(3,4)5)15-22(27)25(13-14-29-6)17-23(28)26-12-11-20-9-7-8-10-21(20)19(26)2/h7-10,18-19H,11-17H2,1-6H3. The molecule has 0 aromatic heterocycles. The summed E-state index contributed by atoms with van der Waals surface area (Å²) in [7, 11) is 1.62. The molecule has 29 heavy (non-hydrogen) atoms. The van der Waals surface area contributed by atoms with E-state index in [0.717, 1.165) is 12.8 Å². The number of hydrogen-bond acceptors (Lipinski definition) is 3. The van der Waals surface area contributed by atoms with E-state index < -0.39 is 0 Å². The van der Waals surface area contributed by atoms with Crippen molar-refractivity contribution in [2.24, 2.45) is 11.3 Å². The highest BCUT2D eigenvalue weighted by Gasteiger charge is 2.29. The molecule has 5 heteroatoms. The monoisotopic (exact) mass is 402 g/mol. The van der Waals surface area contributed by atoms with E-state index in [1.54, 1.807) is 12.0 Å². The smallest absolute Gasteiger partial charge is 0.242 e.